The van der Waals surface area contributed by atoms with Crippen molar-refractivity contribution < 1.29 is 0 Å². The summed E-state index contributed by atoms with van der Waals surface area (Å²) in [4.78, 5) is 12.7. The molecule has 0 spiro atoms. The van der Waals surface area contributed by atoms with Gasteiger partial charge < -0.3 is 5.32 Å². The standard InChI is InChI=1S/C15H14N4/c1-10-6-11(2)8-12(7-10)19-15-13-4-3-5-16-14(13)17-9-18-15/h3-9H,1-2H3,(H,16,17,18,19). The third kappa shape index (κ3) is 2.38. The molecule has 0 aliphatic rings. The van der Waals surface area contributed by atoms with Crippen LogP contribution in [0.1, 0.15) is 11.1 Å². The van der Waals surface area contributed by atoms with E-state index in [0.29, 0.717) is 5.65 Å². The molecule has 94 valence electrons. The number of fused-ring (bicyclic) bond motifs is 1. The molecule has 3 aromatic rings. The van der Waals surface area contributed by atoms with E-state index in [4.69, 9.17) is 0 Å². The summed E-state index contributed by atoms with van der Waals surface area (Å²) in [5.41, 5.74) is 4.17. The lowest BCUT2D eigenvalue weighted by Crippen LogP contribution is -1.97. The van der Waals surface area contributed by atoms with Crippen molar-refractivity contribution >= 4 is 22.5 Å². The Kier molecular flexibility index (Phi) is 2.83. The third-order valence-electron chi connectivity index (χ3n) is 2.89. The topological polar surface area (TPSA) is 50.7 Å². The minimum atomic E-state index is 0.698. The molecule has 0 aliphatic carbocycles. The van der Waals surface area contributed by atoms with Gasteiger partial charge in [-0.05, 0) is 49.2 Å². The highest BCUT2D eigenvalue weighted by atomic mass is 15.0. The number of benzene rings is 1. The zero-order valence-corrected chi connectivity index (χ0v) is 10.9. The Balaban J connectivity index is 2.05. The third-order valence-corrected chi connectivity index (χ3v) is 2.89. The Morgan fingerprint density at radius 2 is 1.74 bits per heavy atom. The molecule has 0 amide bonds. The number of aromatic nitrogens is 3. The van der Waals surface area contributed by atoms with Crippen LogP contribution in [-0.2, 0) is 0 Å². The lowest BCUT2D eigenvalue weighted by Gasteiger charge is -2.09. The summed E-state index contributed by atoms with van der Waals surface area (Å²) in [6.45, 7) is 4.16. The highest BCUT2D eigenvalue weighted by Crippen LogP contribution is 2.22. The molecular weight excluding hydrogens is 236 g/mol. The van der Waals surface area contributed by atoms with E-state index in [1.165, 1.54) is 17.5 Å². The largest absolute Gasteiger partial charge is 0.340 e. The van der Waals surface area contributed by atoms with E-state index in [0.717, 1.165) is 16.9 Å². The van der Waals surface area contributed by atoms with Crippen molar-refractivity contribution in [2.45, 2.75) is 13.8 Å². The number of hydrogen-bond donors (Lipinski definition) is 1. The van der Waals surface area contributed by atoms with Crippen LogP contribution in [0, 0.1) is 13.8 Å². The SMILES string of the molecule is Cc1cc(C)cc(Nc2ncnc3ncccc23)c1. The Hall–Kier alpha value is -2.49. The smallest absolute Gasteiger partial charge is 0.164 e. The van der Waals surface area contributed by atoms with Crippen molar-refractivity contribution in [2.75, 3.05) is 5.32 Å². The van der Waals surface area contributed by atoms with Crippen LogP contribution in [0.5, 0.6) is 0 Å². The first-order valence-electron chi connectivity index (χ1n) is 6.13. The zero-order chi connectivity index (χ0) is 13.2. The average molecular weight is 250 g/mol. The fourth-order valence-corrected chi connectivity index (χ4v) is 2.18. The molecule has 0 bridgehead atoms. The van der Waals surface area contributed by atoms with Crippen LogP contribution in [0.2, 0.25) is 0 Å². The van der Waals surface area contributed by atoms with Gasteiger partial charge in [0.15, 0.2) is 5.65 Å². The Morgan fingerprint density at radius 3 is 2.53 bits per heavy atom. The molecule has 0 fully saturated rings. The zero-order valence-electron chi connectivity index (χ0n) is 10.9. The van der Waals surface area contributed by atoms with Crippen LogP contribution in [0.25, 0.3) is 11.0 Å². The fourth-order valence-electron chi connectivity index (χ4n) is 2.18. The van der Waals surface area contributed by atoms with Crippen LogP contribution in [-0.4, -0.2) is 15.0 Å². The lowest BCUT2D eigenvalue weighted by atomic mass is 10.1. The van der Waals surface area contributed by atoms with Gasteiger partial charge in [-0.1, -0.05) is 6.07 Å². The maximum absolute atomic E-state index is 4.30. The molecule has 19 heavy (non-hydrogen) atoms. The van der Waals surface area contributed by atoms with Gasteiger partial charge in [0.25, 0.3) is 0 Å². The Morgan fingerprint density at radius 1 is 0.947 bits per heavy atom. The van der Waals surface area contributed by atoms with Crippen molar-refractivity contribution in [1.82, 2.24) is 15.0 Å². The summed E-state index contributed by atoms with van der Waals surface area (Å²) in [7, 11) is 0. The molecule has 0 atom stereocenters. The second kappa shape index (κ2) is 4.65. The number of rotatable bonds is 2. The number of aryl methyl sites for hydroxylation is 2. The number of anilines is 2. The van der Waals surface area contributed by atoms with Crippen LogP contribution in [0.4, 0.5) is 11.5 Å². The van der Waals surface area contributed by atoms with Crippen molar-refractivity contribution in [3.8, 4) is 0 Å². The number of nitrogens with zero attached hydrogens (tertiary/aromatic N) is 3. The summed E-state index contributed by atoms with van der Waals surface area (Å²) in [5.74, 6) is 0.781. The fraction of sp³-hybridized carbons (Fsp3) is 0.133. The molecular formula is C15H14N4. The first-order valence-corrected chi connectivity index (χ1v) is 6.13. The van der Waals surface area contributed by atoms with Gasteiger partial charge in [-0.15, -0.1) is 0 Å². The van der Waals surface area contributed by atoms with Gasteiger partial charge in [0, 0.05) is 11.9 Å². The van der Waals surface area contributed by atoms with Crippen molar-refractivity contribution in [2.24, 2.45) is 0 Å². The quantitative estimate of drug-likeness (QED) is 0.757. The second-order valence-electron chi connectivity index (χ2n) is 4.60. The van der Waals surface area contributed by atoms with Crippen molar-refractivity contribution in [1.29, 1.82) is 0 Å². The van der Waals surface area contributed by atoms with Gasteiger partial charge >= 0.3 is 0 Å². The monoisotopic (exact) mass is 250 g/mol. The minimum absolute atomic E-state index is 0.698. The molecule has 2 heterocycles. The average Bonchev–Trinajstić information content (AvgIpc) is 2.38. The van der Waals surface area contributed by atoms with E-state index in [2.05, 4.69) is 52.3 Å². The Bertz CT molecular complexity index is 712. The predicted octanol–water partition coefficient (Wildman–Crippen LogP) is 3.39. The first kappa shape index (κ1) is 11.6. The maximum Gasteiger partial charge on any atom is 0.164 e. The molecule has 3 rings (SSSR count). The second-order valence-corrected chi connectivity index (χ2v) is 4.60. The molecule has 1 N–H and O–H groups in total. The van der Waals surface area contributed by atoms with E-state index < -0.39 is 0 Å². The summed E-state index contributed by atoms with van der Waals surface area (Å²) in [6, 6.07) is 10.2. The van der Waals surface area contributed by atoms with Crippen LogP contribution >= 0.6 is 0 Å². The predicted molar refractivity (Wildman–Crippen MR) is 76.5 cm³/mol. The maximum atomic E-state index is 4.30. The van der Waals surface area contributed by atoms with Crippen LogP contribution in [0.15, 0.2) is 42.9 Å². The molecule has 1 aromatic carbocycles. The van der Waals surface area contributed by atoms with E-state index >= 15 is 0 Å². The summed E-state index contributed by atoms with van der Waals surface area (Å²) >= 11 is 0. The van der Waals surface area contributed by atoms with E-state index in [-0.39, 0.29) is 0 Å². The van der Waals surface area contributed by atoms with Crippen molar-refractivity contribution in [3.05, 3.63) is 54.0 Å². The van der Waals surface area contributed by atoms with E-state index in [9.17, 15) is 0 Å². The summed E-state index contributed by atoms with van der Waals surface area (Å²) < 4.78 is 0. The van der Waals surface area contributed by atoms with E-state index in [1.54, 1.807) is 6.20 Å². The normalized spacial score (nSPS) is 10.6. The van der Waals surface area contributed by atoms with Crippen LogP contribution in [0.3, 0.4) is 0 Å². The molecule has 2 aromatic heterocycles. The molecule has 4 heteroatoms. The Labute approximate surface area is 111 Å². The summed E-state index contributed by atoms with van der Waals surface area (Å²) in [5, 5.41) is 4.26. The number of nitrogens with one attached hydrogen (secondary N) is 1. The van der Waals surface area contributed by atoms with Crippen molar-refractivity contribution in [3.63, 3.8) is 0 Å². The van der Waals surface area contributed by atoms with E-state index in [1.807, 2.05) is 12.1 Å². The number of hydrogen-bond acceptors (Lipinski definition) is 4. The molecule has 4 nitrogen and oxygen atoms in total. The van der Waals surface area contributed by atoms with Crippen LogP contribution < -0.4 is 5.32 Å². The molecule has 0 radical (unpaired) electrons. The molecule has 0 saturated carbocycles. The highest BCUT2D eigenvalue weighted by Gasteiger charge is 2.04. The minimum Gasteiger partial charge on any atom is -0.340 e. The van der Waals surface area contributed by atoms with Gasteiger partial charge in [-0.2, -0.15) is 0 Å². The first-order chi connectivity index (χ1) is 9.22. The van der Waals surface area contributed by atoms with Gasteiger partial charge in [0.2, 0.25) is 0 Å². The molecule has 0 aliphatic heterocycles. The van der Waals surface area contributed by atoms with Gasteiger partial charge in [-0.3, -0.25) is 0 Å². The van der Waals surface area contributed by atoms with Gasteiger partial charge in [0.1, 0.15) is 12.1 Å². The molecule has 0 unspecified atom stereocenters. The van der Waals surface area contributed by atoms with Gasteiger partial charge in [0.05, 0.1) is 5.39 Å². The lowest BCUT2D eigenvalue weighted by molar-refractivity contribution is 1.18. The molecule has 0 saturated heterocycles. The summed E-state index contributed by atoms with van der Waals surface area (Å²) in [6.07, 6.45) is 3.26. The highest BCUT2D eigenvalue weighted by molar-refractivity contribution is 5.88. The number of pyridine rings is 1. The van der Waals surface area contributed by atoms with Gasteiger partial charge in [-0.25, -0.2) is 15.0 Å².